The number of aryl methyl sites for hydroxylation is 1. The summed E-state index contributed by atoms with van der Waals surface area (Å²) in [5, 5.41) is 6.67. The molecule has 37 heavy (non-hydrogen) atoms. The Hall–Kier alpha value is -3.30. The Morgan fingerprint density at radius 3 is 2.57 bits per heavy atom. The van der Waals surface area contributed by atoms with E-state index in [1.807, 2.05) is 24.3 Å². The third-order valence-electron chi connectivity index (χ3n) is 6.64. The molecule has 1 heterocycles. The van der Waals surface area contributed by atoms with E-state index in [4.69, 9.17) is 4.74 Å². The van der Waals surface area contributed by atoms with Gasteiger partial charge >= 0.3 is 6.18 Å². The van der Waals surface area contributed by atoms with Gasteiger partial charge in [0.25, 0.3) is 0 Å². The van der Waals surface area contributed by atoms with E-state index in [-0.39, 0.29) is 30.8 Å². The SMILES string of the molecule is CNC(C)C(=O)NC1CCc2ccccc2N(Cc2c(OC)ccc3cc(C(F)(F)F)ccc23)C1=O.Cl. The molecule has 0 saturated heterocycles. The summed E-state index contributed by atoms with van der Waals surface area (Å²) in [7, 11) is 3.15. The largest absolute Gasteiger partial charge is 0.496 e. The Morgan fingerprint density at radius 2 is 1.89 bits per heavy atom. The number of halogens is 4. The number of hydrogen-bond acceptors (Lipinski definition) is 4. The topological polar surface area (TPSA) is 70.7 Å². The molecule has 1 aliphatic heterocycles. The van der Waals surface area contributed by atoms with E-state index in [2.05, 4.69) is 10.6 Å². The summed E-state index contributed by atoms with van der Waals surface area (Å²) >= 11 is 0. The quantitative estimate of drug-likeness (QED) is 0.473. The number of hydrogen-bond donors (Lipinski definition) is 2. The number of ether oxygens (including phenoxy) is 1. The van der Waals surface area contributed by atoms with Crippen LogP contribution in [0.15, 0.2) is 54.6 Å². The van der Waals surface area contributed by atoms with Crippen molar-refractivity contribution in [2.24, 2.45) is 0 Å². The number of fused-ring (bicyclic) bond motifs is 2. The van der Waals surface area contributed by atoms with E-state index in [0.717, 1.165) is 17.7 Å². The lowest BCUT2D eigenvalue weighted by Gasteiger charge is -2.28. The number of carbonyl (C=O) groups is 2. The minimum absolute atomic E-state index is 0. The Bertz CT molecular complexity index is 1300. The van der Waals surface area contributed by atoms with Crippen LogP contribution in [0.2, 0.25) is 0 Å². The van der Waals surface area contributed by atoms with Crippen LogP contribution in [-0.2, 0) is 28.7 Å². The van der Waals surface area contributed by atoms with Crippen molar-refractivity contribution in [3.05, 3.63) is 71.3 Å². The molecular formula is C27H29ClF3N3O3. The lowest BCUT2D eigenvalue weighted by atomic mass is 10.00. The highest BCUT2D eigenvalue weighted by Gasteiger charge is 2.34. The fourth-order valence-electron chi connectivity index (χ4n) is 4.50. The maximum Gasteiger partial charge on any atom is 0.416 e. The Kier molecular flexibility index (Phi) is 8.71. The number of nitrogens with one attached hydrogen (secondary N) is 2. The van der Waals surface area contributed by atoms with Crippen LogP contribution in [0, 0.1) is 0 Å². The van der Waals surface area contributed by atoms with Crippen molar-refractivity contribution in [3.8, 4) is 5.75 Å². The lowest BCUT2D eigenvalue weighted by molar-refractivity contribution is -0.137. The van der Waals surface area contributed by atoms with Gasteiger partial charge in [-0.05, 0) is 67.4 Å². The third kappa shape index (κ3) is 5.83. The molecule has 1 aliphatic rings. The van der Waals surface area contributed by atoms with Gasteiger partial charge in [-0.15, -0.1) is 12.4 Å². The molecule has 2 amide bonds. The number of alkyl halides is 3. The van der Waals surface area contributed by atoms with Gasteiger partial charge in [0, 0.05) is 11.3 Å². The number of nitrogens with zero attached hydrogens (tertiary/aromatic N) is 1. The molecule has 2 unspecified atom stereocenters. The maximum absolute atomic E-state index is 13.8. The predicted molar refractivity (Wildman–Crippen MR) is 139 cm³/mol. The second kappa shape index (κ2) is 11.4. The summed E-state index contributed by atoms with van der Waals surface area (Å²) in [6.07, 6.45) is -3.46. The second-order valence-corrected chi connectivity index (χ2v) is 8.84. The average molecular weight is 536 g/mol. The highest BCUT2D eigenvalue weighted by atomic mass is 35.5. The number of methoxy groups -OCH3 is 1. The van der Waals surface area contributed by atoms with Crippen LogP contribution in [0.25, 0.3) is 10.8 Å². The van der Waals surface area contributed by atoms with Crippen LogP contribution >= 0.6 is 12.4 Å². The molecular weight excluding hydrogens is 507 g/mol. The van der Waals surface area contributed by atoms with E-state index in [1.54, 1.807) is 31.0 Å². The van der Waals surface area contributed by atoms with Crippen LogP contribution in [0.1, 0.15) is 30.0 Å². The number of anilines is 1. The summed E-state index contributed by atoms with van der Waals surface area (Å²) < 4.78 is 45.5. The fraction of sp³-hybridized carbons (Fsp3) is 0.333. The summed E-state index contributed by atoms with van der Waals surface area (Å²) in [6, 6.07) is 13.0. The lowest BCUT2D eigenvalue weighted by Crippen LogP contribution is -2.52. The average Bonchev–Trinajstić information content (AvgIpc) is 2.99. The zero-order valence-electron chi connectivity index (χ0n) is 20.7. The number of benzene rings is 3. The minimum Gasteiger partial charge on any atom is -0.496 e. The van der Waals surface area contributed by atoms with Gasteiger partial charge < -0.3 is 20.3 Å². The first kappa shape index (κ1) is 28.3. The van der Waals surface area contributed by atoms with Crippen molar-refractivity contribution in [2.45, 2.75) is 44.6 Å². The molecule has 2 N–H and O–H groups in total. The minimum atomic E-state index is -4.47. The van der Waals surface area contributed by atoms with Gasteiger partial charge in [0.2, 0.25) is 11.8 Å². The molecule has 0 spiro atoms. The van der Waals surface area contributed by atoms with Crippen molar-refractivity contribution in [2.75, 3.05) is 19.1 Å². The Balaban J connectivity index is 0.00000380. The van der Waals surface area contributed by atoms with Crippen molar-refractivity contribution >= 4 is 40.7 Å². The van der Waals surface area contributed by atoms with E-state index >= 15 is 0 Å². The molecule has 3 aromatic carbocycles. The summed E-state index contributed by atoms with van der Waals surface area (Å²) in [5.41, 5.74) is 1.49. The Labute approximate surface area is 219 Å². The normalized spacial score (nSPS) is 16.4. The van der Waals surface area contributed by atoms with Gasteiger partial charge in [0.15, 0.2) is 0 Å². The smallest absolute Gasteiger partial charge is 0.416 e. The van der Waals surface area contributed by atoms with E-state index in [9.17, 15) is 22.8 Å². The first-order chi connectivity index (χ1) is 17.1. The van der Waals surface area contributed by atoms with Crippen LogP contribution in [-0.4, -0.2) is 38.1 Å². The number of amides is 2. The van der Waals surface area contributed by atoms with Gasteiger partial charge in [-0.2, -0.15) is 13.2 Å². The summed E-state index contributed by atoms with van der Waals surface area (Å²) in [5.74, 6) is -0.118. The fourth-order valence-corrected chi connectivity index (χ4v) is 4.50. The second-order valence-electron chi connectivity index (χ2n) is 8.84. The van der Waals surface area contributed by atoms with E-state index < -0.39 is 23.8 Å². The highest BCUT2D eigenvalue weighted by molar-refractivity contribution is 6.01. The predicted octanol–water partition coefficient (Wildman–Crippen LogP) is 4.86. The molecule has 198 valence electrons. The molecule has 0 bridgehead atoms. The molecule has 0 saturated carbocycles. The van der Waals surface area contributed by atoms with Gasteiger partial charge in [0.1, 0.15) is 11.8 Å². The molecule has 3 aromatic rings. The summed E-state index contributed by atoms with van der Waals surface area (Å²) in [4.78, 5) is 27.9. The first-order valence-corrected chi connectivity index (χ1v) is 11.7. The monoisotopic (exact) mass is 535 g/mol. The van der Waals surface area contributed by atoms with Crippen molar-refractivity contribution in [1.29, 1.82) is 0 Å². The van der Waals surface area contributed by atoms with E-state index in [1.165, 1.54) is 13.2 Å². The van der Waals surface area contributed by atoms with Crippen molar-refractivity contribution in [3.63, 3.8) is 0 Å². The number of para-hydroxylation sites is 1. The van der Waals surface area contributed by atoms with Crippen LogP contribution in [0.4, 0.5) is 18.9 Å². The number of carbonyl (C=O) groups excluding carboxylic acids is 2. The van der Waals surface area contributed by atoms with Gasteiger partial charge in [0.05, 0.1) is 25.3 Å². The molecule has 2 atom stereocenters. The Morgan fingerprint density at radius 1 is 1.16 bits per heavy atom. The van der Waals surface area contributed by atoms with Crippen LogP contribution in [0.3, 0.4) is 0 Å². The zero-order chi connectivity index (χ0) is 26.0. The van der Waals surface area contributed by atoms with Gasteiger partial charge in [-0.3, -0.25) is 9.59 Å². The van der Waals surface area contributed by atoms with Crippen molar-refractivity contribution in [1.82, 2.24) is 10.6 Å². The number of likely N-dealkylation sites (N-methyl/N-ethyl adjacent to an activating group) is 1. The molecule has 6 nitrogen and oxygen atoms in total. The molecule has 4 rings (SSSR count). The van der Waals surface area contributed by atoms with Gasteiger partial charge in [-0.1, -0.05) is 30.3 Å². The summed E-state index contributed by atoms with van der Waals surface area (Å²) in [6.45, 7) is 1.77. The van der Waals surface area contributed by atoms with Gasteiger partial charge in [-0.25, -0.2) is 0 Å². The van der Waals surface area contributed by atoms with Crippen molar-refractivity contribution < 1.29 is 27.5 Å². The first-order valence-electron chi connectivity index (χ1n) is 11.7. The molecule has 0 radical (unpaired) electrons. The number of rotatable bonds is 6. The standard InChI is InChI=1S/C27H28F3N3O3.ClH/c1-16(31-2)25(34)32-22-12-8-17-6-4-5-7-23(17)33(26(22)35)15-21-20-11-10-19(27(28,29)30)14-18(20)9-13-24(21)36-3;/h4-7,9-11,13-14,16,22,31H,8,12,15H2,1-3H3,(H,32,34);1H. The maximum atomic E-state index is 13.8. The zero-order valence-corrected chi connectivity index (χ0v) is 21.5. The molecule has 0 fully saturated rings. The highest BCUT2D eigenvalue weighted by Crippen LogP contribution is 2.37. The molecule has 0 aromatic heterocycles. The van der Waals surface area contributed by atoms with Crippen LogP contribution in [0.5, 0.6) is 5.75 Å². The molecule has 0 aliphatic carbocycles. The third-order valence-corrected chi connectivity index (χ3v) is 6.64. The molecule has 10 heteroatoms. The van der Waals surface area contributed by atoms with Crippen LogP contribution < -0.4 is 20.3 Å². The van der Waals surface area contributed by atoms with E-state index in [0.29, 0.717) is 40.6 Å².